The van der Waals surface area contributed by atoms with Crippen LogP contribution in [0.15, 0.2) is 0 Å². The first-order valence-electron chi connectivity index (χ1n) is 4.83. The number of sulfonamides is 1. The SMILES string of the molecule is CC(C)S(=O)(=O)N1CCC(S(C)(=O)=O)C1. The van der Waals surface area contributed by atoms with E-state index in [1.54, 1.807) is 13.8 Å². The van der Waals surface area contributed by atoms with Crippen LogP contribution >= 0.6 is 0 Å². The molecule has 0 aromatic heterocycles. The Morgan fingerprint density at radius 1 is 1.20 bits per heavy atom. The van der Waals surface area contributed by atoms with Crippen LogP contribution in [0.2, 0.25) is 0 Å². The molecule has 1 saturated heterocycles. The van der Waals surface area contributed by atoms with Crippen LogP contribution in [-0.2, 0) is 19.9 Å². The van der Waals surface area contributed by atoms with Crippen molar-refractivity contribution < 1.29 is 16.8 Å². The van der Waals surface area contributed by atoms with Crippen molar-refractivity contribution in [1.82, 2.24) is 4.31 Å². The number of nitrogens with zero attached hydrogens (tertiary/aromatic N) is 1. The molecular formula is C8H17NO4S2. The molecule has 1 aliphatic rings. The van der Waals surface area contributed by atoms with E-state index in [-0.39, 0.29) is 6.54 Å². The highest BCUT2D eigenvalue weighted by Gasteiger charge is 2.37. The fraction of sp³-hybridized carbons (Fsp3) is 1.00. The zero-order valence-corrected chi connectivity index (χ0v) is 10.8. The van der Waals surface area contributed by atoms with Gasteiger partial charge in [-0.15, -0.1) is 0 Å². The molecule has 7 heteroatoms. The second kappa shape index (κ2) is 4.03. The lowest BCUT2D eigenvalue weighted by Gasteiger charge is -2.18. The van der Waals surface area contributed by atoms with E-state index in [0.717, 1.165) is 6.26 Å². The largest absolute Gasteiger partial charge is 0.229 e. The molecule has 1 aliphatic heterocycles. The summed E-state index contributed by atoms with van der Waals surface area (Å²) in [6, 6.07) is 0. The van der Waals surface area contributed by atoms with E-state index in [1.165, 1.54) is 4.31 Å². The molecule has 0 N–H and O–H groups in total. The van der Waals surface area contributed by atoms with E-state index in [9.17, 15) is 16.8 Å². The summed E-state index contributed by atoms with van der Waals surface area (Å²) >= 11 is 0. The summed E-state index contributed by atoms with van der Waals surface area (Å²) in [5.74, 6) is 0. The van der Waals surface area contributed by atoms with Gasteiger partial charge in [-0.1, -0.05) is 0 Å². The van der Waals surface area contributed by atoms with E-state index in [4.69, 9.17) is 0 Å². The lowest BCUT2D eigenvalue weighted by molar-refractivity contribution is 0.469. The lowest BCUT2D eigenvalue weighted by Crippen LogP contribution is -2.36. The van der Waals surface area contributed by atoms with E-state index >= 15 is 0 Å². The average molecular weight is 255 g/mol. The minimum absolute atomic E-state index is 0.110. The molecule has 0 saturated carbocycles. The molecule has 1 fully saturated rings. The smallest absolute Gasteiger partial charge is 0.216 e. The third-order valence-electron chi connectivity index (χ3n) is 2.67. The predicted molar refractivity (Wildman–Crippen MR) is 58.9 cm³/mol. The number of rotatable bonds is 3. The Morgan fingerprint density at radius 2 is 1.73 bits per heavy atom. The van der Waals surface area contributed by atoms with Crippen molar-refractivity contribution in [2.24, 2.45) is 0 Å². The summed E-state index contributed by atoms with van der Waals surface area (Å²) in [7, 11) is -6.43. The van der Waals surface area contributed by atoms with Crippen LogP contribution in [-0.4, -0.2) is 51.0 Å². The van der Waals surface area contributed by atoms with Gasteiger partial charge in [-0.3, -0.25) is 0 Å². The maximum atomic E-state index is 11.7. The molecule has 1 atom stereocenters. The third-order valence-corrected chi connectivity index (χ3v) is 6.51. The van der Waals surface area contributed by atoms with Crippen molar-refractivity contribution in [3.63, 3.8) is 0 Å². The van der Waals surface area contributed by atoms with Gasteiger partial charge in [0.2, 0.25) is 10.0 Å². The maximum absolute atomic E-state index is 11.7. The Morgan fingerprint density at radius 3 is 2.07 bits per heavy atom. The van der Waals surface area contributed by atoms with Crippen LogP contribution in [0, 0.1) is 0 Å². The highest BCUT2D eigenvalue weighted by Crippen LogP contribution is 2.21. The van der Waals surface area contributed by atoms with Crippen LogP contribution in [0.3, 0.4) is 0 Å². The number of hydrogen-bond acceptors (Lipinski definition) is 4. The summed E-state index contributed by atoms with van der Waals surface area (Å²) in [5, 5.41) is -1.03. The van der Waals surface area contributed by atoms with Crippen molar-refractivity contribution in [3.05, 3.63) is 0 Å². The summed E-state index contributed by atoms with van der Waals surface area (Å²) in [4.78, 5) is 0. The summed E-state index contributed by atoms with van der Waals surface area (Å²) in [5.41, 5.74) is 0. The minimum Gasteiger partial charge on any atom is -0.229 e. The van der Waals surface area contributed by atoms with E-state index in [1.807, 2.05) is 0 Å². The maximum Gasteiger partial charge on any atom is 0.216 e. The van der Waals surface area contributed by atoms with Crippen LogP contribution in [0.4, 0.5) is 0 Å². The van der Waals surface area contributed by atoms with Crippen molar-refractivity contribution >= 4 is 19.9 Å². The first kappa shape index (κ1) is 12.9. The van der Waals surface area contributed by atoms with Gasteiger partial charge in [-0.05, 0) is 20.3 Å². The molecular weight excluding hydrogens is 238 g/mol. The Balaban J connectivity index is 2.82. The summed E-state index contributed by atoms with van der Waals surface area (Å²) in [6.45, 7) is 3.63. The fourth-order valence-corrected chi connectivity index (χ4v) is 4.00. The molecule has 90 valence electrons. The fourth-order valence-electron chi connectivity index (χ4n) is 1.58. The molecule has 5 nitrogen and oxygen atoms in total. The van der Waals surface area contributed by atoms with Gasteiger partial charge in [0.05, 0.1) is 10.5 Å². The molecule has 0 amide bonds. The zero-order valence-electron chi connectivity index (χ0n) is 9.17. The normalized spacial score (nSPS) is 24.9. The van der Waals surface area contributed by atoms with Crippen LogP contribution in [0.25, 0.3) is 0 Å². The van der Waals surface area contributed by atoms with Crippen molar-refractivity contribution in [1.29, 1.82) is 0 Å². The van der Waals surface area contributed by atoms with Gasteiger partial charge in [0, 0.05) is 19.3 Å². The van der Waals surface area contributed by atoms with Crippen molar-refractivity contribution in [2.75, 3.05) is 19.3 Å². The van der Waals surface area contributed by atoms with Crippen LogP contribution < -0.4 is 0 Å². The van der Waals surface area contributed by atoms with Gasteiger partial charge in [0.25, 0.3) is 0 Å². The minimum atomic E-state index is -3.30. The van der Waals surface area contributed by atoms with Crippen LogP contribution in [0.5, 0.6) is 0 Å². The molecule has 0 bridgehead atoms. The van der Waals surface area contributed by atoms with Gasteiger partial charge in [-0.25, -0.2) is 21.1 Å². The van der Waals surface area contributed by atoms with Crippen molar-refractivity contribution in [3.8, 4) is 0 Å². The standard InChI is InChI=1S/C8H17NO4S2/c1-7(2)15(12,13)9-5-4-8(6-9)14(3,10)11/h7-8H,4-6H2,1-3H3. The summed E-state index contributed by atoms with van der Waals surface area (Å²) < 4.78 is 47.3. The van der Waals surface area contributed by atoms with Gasteiger partial charge in [0.15, 0.2) is 9.84 Å². The van der Waals surface area contributed by atoms with Gasteiger partial charge in [0.1, 0.15) is 0 Å². The zero-order chi connectivity index (χ0) is 11.9. The first-order chi connectivity index (χ1) is 6.65. The lowest BCUT2D eigenvalue weighted by atomic mass is 10.4. The molecule has 1 heterocycles. The summed E-state index contributed by atoms with van der Waals surface area (Å²) in [6.07, 6.45) is 1.56. The highest BCUT2D eigenvalue weighted by molar-refractivity contribution is 7.91. The number of hydrogen-bond donors (Lipinski definition) is 0. The van der Waals surface area contributed by atoms with Gasteiger partial charge < -0.3 is 0 Å². The van der Waals surface area contributed by atoms with E-state index < -0.39 is 30.4 Å². The van der Waals surface area contributed by atoms with Crippen LogP contribution in [0.1, 0.15) is 20.3 Å². The Bertz CT molecular complexity index is 424. The van der Waals surface area contributed by atoms with E-state index in [2.05, 4.69) is 0 Å². The highest BCUT2D eigenvalue weighted by atomic mass is 32.2. The molecule has 15 heavy (non-hydrogen) atoms. The van der Waals surface area contributed by atoms with Gasteiger partial charge in [-0.2, -0.15) is 0 Å². The first-order valence-corrected chi connectivity index (χ1v) is 8.29. The van der Waals surface area contributed by atoms with Gasteiger partial charge >= 0.3 is 0 Å². The second-order valence-corrected chi connectivity index (χ2v) is 9.01. The van der Waals surface area contributed by atoms with E-state index in [0.29, 0.717) is 13.0 Å². The second-order valence-electron chi connectivity index (χ2n) is 4.19. The molecule has 0 spiro atoms. The molecule has 0 aromatic carbocycles. The molecule has 1 rings (SSSR count). The molecule has 1 unspecified atom stereocenters. The Hall–Kier alpha value is -0.140. The van der Waals surface area contributed by atoms with Crippen molar-refractivity contribution in [2.45, 2.75) is 30.8 Å². The topological polar surface area (TPSA) is 71.5 Å². The monoisotopic (exact) mass is 255 g/mol. The predicted octanol–water partition coefficient (Wildman–Crippen LogP) is -0.156. The third kappa shape index (κ3) is 2.70. The molecule has 0 aromatic rings. The Labute approximate surface area is 91.4 Å². The molecule has 0 aliphatic carbocycles. The Kier molecular flexibility index (Phi) is 3.47. The average Bonchev–Trinajstić information content (AvgIpc) is 2.50. The quantitative estimate of drug-likeness (QED) is 0.703. The number of sulfone groups is 1. The molecule has 0 radical (unpaired) electrons.